The molecule has 0 aliphatic heterocycles. The number of nitrogens with zero attached hydrogens (tertiary/aromatic N) is 2. The Hall–Kier alpha value is -0.960. The lowest BCUT2D eigenvalue weighted by atomic mass is 10.0. The third-order valence-electron chi connectivity index (χ3n) is 2.93. The van der Waals surface area contributed by atoms with E-state index >= 15 is 0 Å². The van der Waals surface area contributed by atoms with Crippen molar-refractivity contribution in [3.05, 3.63) is 24.3 Å². The van der Waals surface area contributed by atoms with Gasteiger partial charge in [0.05, 0.1) is 0 Å². The molecule has 1 unspecified atom stereocenters. The van der Waals surface area contributed by atoms with Crippen molar-refractivity contribution in [2.24, 2.45) is 17.6 Å². The normalized spacial score (nSPS) is 28.5. The van der Waals surface area contributed by atoms with Crippen molar-refractivity contribution in [3.63, 3.8) is 0 Å². The van der Waals surface area contributed by atoms with Crippen molar-refractivity contribution in [1.29, 1.82) is 0 Å². The van der Waals surface area contributed by atoms with Gasteiger partial charge in [0, 0.05) is 24.0 Å². The predicted octanol–water partition coefficient (Wildman–Crippen LogP) is 1.52. The van der Waals surface area contributed by atoms with Gasteiger partial charge in [-0.2, -0.15) is 0 Å². The molecule has 13 heavy (non-hydrogen) atoms. The monoisotopic (exact) mass is 177 g/mol. The summed E-state index contributed by atoms with van der Waals surface area (Å²) < 4.78 is 0. The number of nitrogens with two attached hydrogens (primary N) is 1. The maximum absolute atomic E-state index is 6.09. The van der Waals surface area contributed by atoms with Crippen molar-refractivity contribution in [1.82, 2.24) is 9.97 Å². The molecule has 1 fully saturated rings. The highest BCUT2D eigenvalue weighted by atomic mass is 14.8. The van der Waals surface area contributed by atoms with Crippen LogP contribution in [0.1, 0.15) is 31.4 Å². The summed E-state index contributed by atoms with van der Waals surface area (Å²) in [5.41, 5.74) is 7.16. The van der Waals surface area contributed by atoms with Gasteiger partial charge in [0.15, 0.2) is 0 Å². The Morgan fingerprint density at radius 2 is 2.23 bits per heavy atom. The Labute approximate surface area is 78.4 Å². The van der Waals surface area contributed by atoms with Gasteiger partial charge in [-0.25, -0.2) is 9.97 Å². The Balaban J connectivity index is 2.03. The molecule has 70 valence electrons. The van der Waals surface area contributed by atoms with E-state index in [0.717, 1.165) is 11.5 Å². The van der Waals surface area contributed by atoms with E-state index in [2.05, 4.69) is 16.9 Å². The molecule has 0 amide bonds. The lowest BCUT2D eigenvalue weighted by Crippen LogP contribution is -2.14. The second-order valence-corrected chi connectivity index (χ2v) is 3.77. The number of aromatic nitrogens is 2. The maximum atomic E-state index is 6.09. The van der Waals surface area contributed by atoms with Crippen LogP contribution in [-0.2, 0) is 0 Å². The van der Waals surface area contributed by atoms with Crippen LogP contribution in [0.5, 0.6) is 0 Å². The topological polar surface area (TPSA) is 51.8 Å². The number of hydrogen-bond donors (Lipinski definition) is 1. The molecule has 3 heteroatoms. The van der Waals surface area contributed by atoms with Gasteiger partial charge >= 0.3 is 0 Å². The molecule has 3 nitrogen and oxygen atoms in total. The van der Waals surface area contributed by atoms with Gasteiger partial charge in [-0.1, -0.05) is 13.3 Å². The number of hydrogen-bond acceptors (Lipinski definition) is 3. The summed E-state index contributed by atoms with van der Waals surface area (Å²) in [5.74, 6) is 1.49. The first kappa shape index (κ1) is 8.63. The summed E-state index contributed by atoms with van der Waals surface area (Å²) in [6, 6.07) is 0.145. The summed E-state index contributed by atoms with van der Waals surface area (Å²) in [7, 11) is 0. The molecule has 1 aromatic heterocycles. The smallest absolute Gasteiger partial charge is 0.115 e. The molecular formula is C10H15N3. The molecule has 1 aliphatic rings. The molecule has 1 aromatic rings. The fraction of sp³-hybridized carbons (Fsp3) is 0.600. The largest absolute Gasteiger partial charge is 0.324 e. The molecule has 0 saturated heterocycles. The van der Waals surface area contributed by atoms with Crippen LogP contribution in [-0.4, -0.2) is 9.97 Å². The van der Waals surface area contributed by atoms with E-state index < -0.39 is 0 Å². The van der Waals surface area contributed by atoms with Crippen LogP contribution in [0.25, 0.3) is 0 Å². The molecule has 2 rings (SSSR count). The number of rotatable bonds is 3. The molecule has 2 N–H and O–H groups in total. The minimum absolute atomic E-state index is 0.145. The van der Waals surface area contributed by atoms with Crippen molar-refractivity contribution in [2.45, 2.75) is 25.8 Å². The summed E-state index contributed by atoms with van der Waals surface area (Å²) in [6.45, 7) is 2.22. The van der Waals surface area contributed by atoms with E-state index in [-0.39, 0.29) is 6.04 Å². The second kappa shape index (κ2) is 3.42. The maximum Gasteiger partial charge on any atom is 0.115 e. The lowest BCUT2D eigenvalue weighted by molar-refractivity contribution is 0.564. The van der Waals surface area contributed by atoms with Gasteiger partial charge < -0.3 is 5.73 Å². The van der Waals surface area contributed by atoms with E-state index in [4.69, 9.17) is 5.73 Å². The highest BCUT2D eigenvalue weighted by Gasteiger charge is 2.40. The van der Waals surface area contributed by atoms with E-state index in [9.17, 15) is 0 Å². The molecule has 0 spiro atoms. The first-order valence-electron chi connectivity index (χ1n) is 4.83. The Kier molecular flexibility index (Phi) is 2.27. The van der Waals surface area contributed by atoms with Crippen LogP contribution in [0, 0.1) is 11.8 Å². The first-order chi connectivity index (χ1) is 6.33. The lowest BCUT2D eigenvalue weighted by Gasteiger charge is -2.09. The zero-order chi connectivity index (χ0) is 9.26. The van der Waals surface area contributed by atoms with Crippen LogP contribution in [0.3, 0.4) is 0 Å². The second-order valence-electron chi connectivity index (χ2n) is 3.77. The van der Waals surface area contributed by atoms with Crippen molar-refractivity contribution < 1.29 is 0 Å². The zero-order valence-corrected chi connectivity index (χ0v) is 7.85. The van der Waals surface area contributed by atoms with Crippen LogP contribution in [0.2, 0.25) is 0 Å². The van der Waals surface area contributed by atoms with Crippen LogP contribution < -0.4 is 5.73 Å². The zero-order valence-electron chi connectivity index (χ0n) is 7.85. The fourth-order valence-electron chi connectivity index (χ4n) is 1.91. The van der Waals surface area contributed by atoms with E-state index in [0.29, 0.717) is 5.92 Å². The summed E-state index contributed by atoms with van der Waals surface area (Å²) in [5, 5.41) is 0. The molecule has 0 bridgehead atoms. The van der Waals surface area contributed by atoms with Crippen LogP contribution in [0.15, 0.2) is 18.7 Å². The van der Waals surface area contributed by atoms with E-state index in [1.165, 1.54) is 12.8 Å². The van der Waals surface area contributed by atoms with Gasteiger partial charge in [-0.15, -0.1) is 0 Å². The quantitative estimate of drug-likeness (QED) is 0.761. The molecule has 1 saturated carbocycles. The van der Waals surface area contributed by atoms with Crippen molar-refractivity contribution in [3.8, 4) is 0 Å². The minimum atomic E-state index is 0.145. The highest BCUT2D eigenvalue weighted by molar-refractivity contribution is 5.13. The third kappa shape index (κ3) is 1.70. The van der Waals surface area contributed by atoms with Crippen molar-refractivity contribution in [2.75, 3.05) is 0 Å². The van der Waals surface area contributed by atoms with Gasteiger partial charge in [0.1, 0.15) is 6.33 Å². The molecular weight excluding hydrogens is 162 g/mol. The fourth-order valence-corrected chi connectivity index (χ4v) is 1.91. The molecule has 0 radical (unpaired) electrons. The summed E-state index contributed by atoms with van der Waals surface area (Å²) in [4.78, 5) is 7.95. The highest BCUT2D eigenvalue weighted by Crippen LogP contribution is 2.47. The van der Waals surface area contributed by atoms with E-state index in [1.54, 1.807) is 6.33 Å². The Bertz CT molecular complexity index is 273. The van der Waals surface area contributed by atoms with Gasteiger partial charge in [0.25, 0.3) is 0 Å². The van der Waals surface area contributed by atoms with Gasteiger partial charge in [0.2, 0.25) is 0 Å². The molecule has 3 atom stereocenters. The van der Waals surface area contributed by atoms with Crippen LogP contribution >= 0.6 is 0 Å². The van der Waals surface area contributed by atoms with Gasteiger partial charge in [-0.3, -0.25) is 0 Å². The standard InChI is InChI=1S/C10H15N3/c1-2-7-3-9(7)10(11)8-4-12-6-13-5-8/h4-7,9-10H,2-3,11H2,1H3/t7-,9-,10?/m1/s1. The molecule has 1 heterocycles. The molecule has 0 aromatic carbocycles. The van der Waals surface area contributed by atoms with Crippen molar-refractivity contribution >= 4 is 0 Å². The molecule has 1 aliphatic carbocycles. The average molecular weight is 177 g/mol. The van der Waals surface area contributed by atoms with E-state index in [1.807, 2.05) is 12.4 Å². The average Bonchev–Trinajstić information content (AvgIpc) is 2.97. The van der Waals surface area contributed by atoms with Crippen LogP contribution in [0.4, 0.5) is 0 Å². The Morgan fingerprint density at radius 3 is 2.77 bits per heavy atom. The SMILES string of the molecule is CC[C@@H]1C[C@H]1C(N)c1cncnc1. The first-order valence-corrected chi connectivity index (χ1v) is 4.83. The third-order valence-corrected chi connectivity index (χ3v) is 2.93. The minimum Gasteiger partial charge on any atom is -0.324 e. The van der Waals surface area contributed by atoms with Gasteiger partial charge in [-0.05, 0) is 18.3 Å². The summed E-state index contributed by atoms with van der Waals surface area (Å²) >= 11 is 0. The summed E-state index contributed by atoms with van der Waals surface area (Å²) in [6.07, 6.45) is 7.70. The Morgan fingerprint density at radius 1 is 1.54 bits per heavy atom. The predicted molar refractivity (Wildman–Crippen MR) is 50.8 cm³/mol.